The van der Waals surface area contributed by atoms with Crippen LogP contribution in [0.5, 0.6) is 0 Å². The Morgan fingerprint density at radius 2 is 1.37 bits per heavy atom. The van der Waals surface area contributed by atoms with E-state index in [-0.39, 0.29) is 35.5 Å². The molecule has 0 aromatic heterocycles. The molecule has 0 aliphatic heterocycles. The molecule has 0 aliphatic rings. The van der Waals surface area contributed by atoms with E-state index in [0.29, 0.717) is 12.5 Å². The van der Waals surface area contributed by atoms with Crippen molar-refractivity contribution in [3.05, 3.63) is 71.3 Å². The molecule has 1 amide bonds. The van der Waals surface area contributed by atoms with Gasteiger partial charge in [0.25, 0.3) is 0 Å². The zero-order chi connectivity index (χ0) is 22.1. The van der Waals surface area contributed by atoms with E-state index in [0.717, 1.165) is 30.4 Å². The number of halogens is 2. The number of carbonyl (C=O) groups is 1. The van der Waals surface area contributed by atoms with Gasteiger partial charge < -0.3 is 10.6 Å². The first kappa shape index (κ1) is 24.0. The quantitative estimate of drug-likeness (QED) is 0.481. The van der Waals surface area contributed by atoms with Gasteiger partial charge in [-0.25, -0.2) is 8.78 Å². The number of carbonyl (C=O) groups excluding carboxylic acids is 1. The average Bonchev–Trinajstić information content (AvgIpc) is 2.68. The van der Waals surface area contributed by atoms with Gasteiger partial charge in [0, 0.05) is 18.5 Å². The maximum absolute atomic E-state index is 13.4. The molecule has 0 unspecified atom stereocenters. The van der Waals surface area contributed by atoms with Crippen LogP contribution in [0.3, 0.4) is 0 Å². The summed E-state index contributed by atoms with van der Waals surface area (Å²) in [6.45, 7) is 8.86. The van der Waals surface area contributed by atoms with Gasteiger partial charge in [-0.15, -0.1) is 0 Å². The second-order valence-electron chi connectivity index (χ2n) is 8.59. The minimum atomic E-state index is -0.280. The molecule has 164 valence electrons. The first-order valence-corrected chi connectivity index (χ1v) is 10.8. The molecule has 0 bridgehead atoms. The number of amides is 1. The first-order chi connectivity index (χ1) is 14.3. The molecule has 0 fully saturated rings. The average molecular weight is 417 g/mol. The van der Waals surface area contributed by atoms with Crippen molar-refractivity contribution in [1.82, 2.24) is 10.6 Å². The van der Waals surface area contributed by atoms with Crippen molar-refractivity contribution in [2.75, 3.05) is 6.54 Å². The molecule has 2 rings (SSSR count). The van der Waals surface area contributed by atoms with Crippen LogP contribution >= 0.6 is 0 Å². The Balaban J connectivity index is 1.99. The molecule has 0 saturated carbocycles. The smallest absolute Gasteiger partial charge is 0.237 e. The molecule has 5 heteroatoms. The third-order valence-corrected chi connectivity index (χ3v) is 5.07. The van der Waals surface area contributed by atoms with E-state index in [2.05, 4.69) is 24.5 Å². The van der Waals surface area contributed by atoms with Crippen molar-refractivity contribution in [3.8, 4) is 0 Å². The summed E-state index contributed by atoms with van der Waals surface area (Å²) in [5.41, 5.74) is 1.96. The molecule has 0 aliphatic carbocycles. The Morgan fingerprint density at radius 3 is 1.80 bits per heavy atom. The van der Waals surface area contributed by atoms with Gasteiger partial charge >= 0.3 is 0 Å². The van der Waals surface area contributed by atoms with Crippen molar-refractivity contribution in [2.24, 2.45) is 5.92 Å². The summed E-state index contributed by atoms with van der Waals surface area (Å²) in [4.78, 5) is 12.6. The molecule has 2 N–H and O–H groups in total. The van der Waals surface area contributed by atoms with Gasteiger partial charge in [-0.1, -0.05) is 52.0 Å². The summed E-state index contributed by atoms with van der Waals surface area (Å²) in [5, 5.41) is 6.39. The van der Waals surface area contributed by atoms with E-state index in [4.69, 9.17) is 0 Å². The second kappa shape index (κ2) is 11.8. The van der Waals surface area contributed by atoms with E-state index in [1.54, 1.807) is 24.3 Å². The van der Waals surface area contributed by atoms with Gasteiger partial charge in [-0.2, -0.15) is 0 Å². The predicted molar refractivity (Wildman–Crippen MR) is 118 cm³/mol. The van der Waals surface area contributed by atoms with Crippen LogP contribution in [0.25, 0.3) is 0 Å². The standard InChI is InChI=1S/C25H34F2N2O/c1-17(2)16-24(29-18(3)4)25(30)28-15-5-6-23(19-7-11-21(26)12-8-19)20-9-13-22(27)14-10-20/h7-14,17-18,23-24,29H,5-6,15-16H2,1-4H3,(H,28,30)/t24-/m0/s1. The lowest BCUT2D eigenvalue weighted by Gasteiger charge is -2.23. The summed E-state index contributed by atoms with van der Waals surface area (Å²) < 4.78 is 26.7. The fraction of sp³-hybridized carbons (Fsp3) is 0.480. The third-order valence-electron chi connectivity index (χ3n) is 5.07. The van der Waals surface area contributed by atoms with Crippen LogP contribution in [0.1, 0.15) is 64.0 Å². The molecule has 2 aromatic carbocycles. The Kier molecular flexibility index (Phi) is 9.44. The lowest BCUT2D eigenvalue weighted by molar-refractivity contribution is -0.123. The number of hydrogen-bond donors (Lipinski definition) is 2. The predicted octanol–water partition coefficient (Wildman–Crippen LogP) is 5.41. The van der Waals surface area contributed by atoms with Crippen LogP contribution in [0.15, 0.2) is 48.5 Å². The van der Waals surface area contributed by atoms with Gasteiger partial charge in [-0.05, 0) is 60.6 Å². The van der Waals surface area contributed by atoms with Gasteiger partial charge in [0.15, 0.2) is 0 Å². The van der Waals surface area contributed by atoms with Crippen LogP contribution in [0.4, 0.5) is 8.78 Å². The molecule has 0 radical (unpaired) electrons. The fourth-order valence-corrected chi connectivity index (χ4v) is 3.68. The van der Waals surface area contributed by atoms with E-state index < -0.39 is 0 Å². The van der Waals surface area contributed by atoms with Crippen molar-refractivity contribution in [3.63, 3.8) is 0 Å². The lowest BCUT2D eigenvalue weighted by Crippen LogP contribution is -2.47. The molecule has 0 saturated heterocycles. The highest BCUT2D eigenvalue weighted by atomic mass is 19.1. The van der Waals surface area contributed by atoms with E-state index in [1.807, 2.05) is 13.8 Å². The van der Waals surface area contributed by atoms with Gasteiger partial charge in [0.05, 0.1) is 6.04 Å². The van der Waals surface area contributed by atoms with E-state index in [1.165, 1.54) is 24.3 Å². The summed E-state index contributed by atoms with van der Waals surface area (Å²) in [6.07, 6.45) is 2.32. The molecule has 0 spiro atoms. The van der Waals surface area contributed by atoms with Crippen molar-refractivity contribution >= 4 is 5.91 Å². The second-order valence-corrected chi connectivity index (χ2v) is 8.59. The zero-order valence-corrected chi connectivity index (χ0v) is 18.4. The highest BCUT2D eigenvalue weighted by molar-refractivity contribution is 5.81. The highest BCUT2D eigenvalue weighted by Crippen LogP contribution is 2.29. The zero-order valence-electron chi connectivity index (χ0n) is 18.4. The maximum Gasteiger partial charge on any atom is 0.237 e. The Bertz CT molecular complexity index is 717. The van der Waals surface area contributed by atoms with E-state index in [9.17, 15) is 13.6 Å². The van der Waals surface area contributed by atoms with Crippen LogP contribution in [-0.2, 0) is 4.79 Å². The summed E-state index contributed by atoms with van der Waals surface area (Å²) in [5.74, 6) is -0.0929. The number of rotatable bonds is 11. The maximum atomic E-state index is 13.4. The van der Waals surface area contributed by atoms with Crippen LogP contribution in [0, 0.1) is 17.6 Å². The molecular formula is C25H34F2N2O. The summed E-state index contributed by atoms with van der Waals surface area (Å²) in [6, 6.07) is 12.9. The molecule has 30 heavy (non-hydrogen) atoms. The Morgan fingerprint density at radius 1 is 0.867 bits per heavy atom. The largest absolute Gasteiger partial charge is 0.355 e. The van der Waals surface area contributed by atoms with Gasteiger partial charge in [-0.3, -0.25) is 4.79 Å². The van der Waals surface area contributed by atoms with Crippen LogP contribution in [0.2, 0.25) is 0 Å². The van der Waals surface area contributed by atoms with Crippen molar-refractivity contribution in [1.29, 1.82) is 0 Å². The minimum Gasteiger partial charge on any atom is -0.355 e. The van der Waals surface area contributed by atoms with Gasteiger partial charge in [0.2, 0.25) is 5.91 Å². The number of nitrogens with one attached hydrogen (secondary N) is 2. The molecule has 1 atom stereocenters. The minimum absolute atomic E-state index is 0.0170. The fourth-order valence-electron chi connectivity index (χ4n) is 3.68. The van der Waals surface area contributed by atoms with Crippen LogP contribution < -0.4 is 10.6 Å². The summed E-state index contributed by atoms with van der Waals surface area (Å²) in [7, 11) is 0. The molecule has 3 nitrogen and oxygen atoms in total. The number of hydrogen-bond acceptors (Lipinski definition) is 2. The number of benzene rings is 2. The molecule has 2 aromatic rings. The molecular weight excluding hydrogens is 382 g/mol. The summed E-state index contributed by atoms with van der Waals surface area (Å²) >= 11 is 0. The van der Waals surface area contributed by atoms with E-state index >= 15 is 0 Å². The third kappa shape index (κ3) is 7.86. The SMILES string of the molecule is CC(C)C[C@H](NC(C)C)C(=O)NCCCC(c1ccc(F)cc1)c1ccc(F)cc1. The highest BCUT2D eigenvalue weighted by Gasteiger charge is 2.20. The van der Waals surface area contributed by atoms with Crippen LogP contribution in [-0.4, -0.2) is 24.5 Å². The normalized spacial score (nSPS) is 12.6. The first-order valence-electron chi connectivity index (χ1n) is 10.8. The van der Waals surface area contributed by atoms with Gasteiger partial charge in [0.1, 0.15) is 11.6 Å². The van der Waals surface area contributed by atoms with Crippen molar-refractivity contribution < 1.29 is 13.6 Å². The molecule has 0 heterocycles. The lowest BCUT2D eigenvalue weighted by atomic mass is 9.87. The topological polar surface area (TPSA) is 41.1 Å². The Labute approximate surface area is 179 Å². The monoisotopic (exact) mass is 416 g/mol. The van der Waals surface area contributed by atoms with Crippen molar-refractivity contribution in [2.45, 2.75) is 65.0 Å². The Hall–Kier alpha value is -2.27.